The Kier molecular flexibility index (Phi) is 7.79. The molecule has 36 heavy (non-hydrogen) atoms. The summed E-state index contributed by atoms with van der Waals surface area (Å²) in [4.78, 5) is 25.2. The predicted octanol–water partition coefficient (Wildman–Crippen LogP) is 6.05. The zero-order valence-electron chi connectivity index (χ0n) is 21.7. The molecule has 2 aromatic rings. The van der Waals surface area contributed by atoms with Crippen molar-refractivity contribution in [1.29, 1.82) is 5.26 Å². The van der Waals surface area contributed by atoms with Crippen molar-refractivity contribution in [2.45, 2.75) is 66.2 Å². The fourth-order valence-corrected chi connectivity index (χ4v) is 5.58. The lowest BCUT2D eigenvalue weighted by Gasteiger charge is -2.63. The van der Waals surface area contributed by atoms with E-state index in [4.69, 9.17) is 9.47 Å². The van der Waals surface area contributed by atoms with E-state index in [9.17, 15) is 14.9 Å². The molecule has 2 aromatic carbocycles. The summed E-state index contributed by atoms with van der Waals surface area (Å²) in [5, 5.41) is 17.8. The molecule has 1 fully saturated rings. The highest BCUT2D eigenvalue weighted by Crippen LogP contribution is 2.55. The van der Waals surface area contributed by atoms with E-state index in [-0.39, 0.29) is 28.7 Å². The molecule has 192 valence electrons. The van der Waals surface area contributed by atoms with Crippen LogP contribution >= 0.6 is 22.6 Å². The number of benzene rings is 2. The normalized spacial score (nSPS) is 19.8. The van der Waals surface area contributed by atoms with Crippen LogP contribution in [-0.4, -0.2) is 29.8 Å². The quantitative estimate of drug-likeness (QED) is 0.360. The second-order valence-electron chi connectivity index (χ2n) is 11.2. The van der Waals surface area contributed by atoms with Gasteiger partial charge in [0.05, 0.1) is 11.3 Å². The van der Waals surface area contributed by atoms with Gasteiger partial charge in [-0.2, -0.15) is 5.26 Å². The van der Waals surface area contributed by atoms with E-state index >= 15 is 0 Å². The third-order valence-corrected chi connectivity index (χ3v) is 7.14. The maximum atomic E-state index is 13.0. The molecule has 0 radical (unpaired) electrons. The van der Waals surface area contributed by atoms with Crippen LogP contribution < -0.4 is 25.4 Å². The minimum atomic E-state index is -0.601. The predicted molar refractivity (Wildman–Crippen MR) is 147 cm³/mol. The highest BCUT2D eigenvalue weighted by atomic mass is 127. The summed E-state index contributed by atoms with van der Waals surface area (Å²) >= 11 is 2.12. The van der Waals surface area contributed by atoms with Crippen molar-refractivity contribution in [2.24, 2.45) is 10.8 Å². The summed E-state index contributed by atoms with van der Waals surface area (Å²) in [5.74, 6) is 0.935. The molecule has 0 heterocycles. The first kappa shape index (κ1) is 27.6. The van der Waals surface area contributed by atoms with Crippen molar-refractivity contribution in [2.75, 3.05) is 5.32 Å². The topological polar surface area (TPSA) is 112 Å². The van der Waals surface area contributed by atoms with Gasteiger partial charge in [-0.1, -0.05) is 39.8 Å². The van der Waals surface area contributed by atoms with E-state index in [0.717, 1.165) is 3.57 Å². The Bertz CT molecular complexity index is 1180. The first-order chi connectivity index (χ1) is 16.6. The molecule has 0 saturated heterocycles. The smallest absolute Gasteiger partial charge is 0.413 e. The van der Waals surface area contributed by atoms with Crippen LogP contribution in [0.4, 0.5) is 15.3 Å². The third-order valence-electron chi connectivity index (χ3n) is 6.24. The molecule has 3 N–H and O–H groups in total. The minimum Gasteiger partial charge on any atom is -0.489 e. The van der Waals surface area contributed by atoms with Gasteiger partial charge in [0, 0.05) is 26.0 Å². The lowest BCUT2D eigenvalue weighted by Crippen LogP contribution is -2.75. The molecule has 0 atom stereocenters. The van der Waals surface area contributed by atoms with Crippen LogP contribution in [0.25, 0.3) is 0 Å². The van der Waals surface area contributed by atoms with Crippen LogP contribution in [0, 0.1) is 25.7 Å². The van der Waals surface area contributed by atoms with Crippen LogP contribution in [0.5, 0.6) is 11.5 Å². The largest absolute Gasteiger partial charge is 0.489 e. The molecule has 9 heteroatoms. The van der Waals surface area contributed by atoms with E-state index < -0.39 is 17.7 Å². The summed E-state index contributed by atoms with van der Waals surface area (Å²) in [7, 11) is 0. The zero-order valence-corrected chi connectivity index (χ0v) is 23.8. The standard InChI is InChI=1S/C27H33IN4O4/c1-25(2,3)32-24(34)36-20-11-9-8-10-19(20)30-23(33)31-21-26(4,5)22(27(21,6)7)35-17-13-12-16(15-29)18(28)14-17/h8-14,21-22H,1-7H3,(H,32,34)(H2,30,31,33). The summed E-state index contributed by atoms with van der Waals surface area (Å²) in [5.41, 5.74) is -0.210. The van der Waals surface area contributed by atoms with Gasteiger partial charge in [-0.15, -0.1) is 0 Å². The maximum absolute atomic E-state index is 13.0. The molecular weight excluding hydrogens is 571 g/mol. The Hall–Kier alpha value is -3.00. The van der Waals surface area contributed by atoms with Crippen LogP contribution in [0.3, 0.4) is 0 Å². The van der Waals surface area contributed by atoms with Crippen molar-refractivity contribution in [3.8, 4) is 17.6 Å². The SMILES string of the molecule is CC(C)(C)NC(=O)Oc1ccccc1NC(=O)NC1C(C)(C)C(Oc2ccc(C#N)c(I)c2)C1(C)C. The van der Waals surface area contributed by atoms with Crippen LogP contribution in [-0.2, 0) is 0 Å². The second-order valence-corrected chi connectivity index (χ2v) is 12.3. The Morgan fingerprint density at radius 1 is 1.06 bits per heavy atom. The first-order valence-corrected chi connectivity index (χ1v) is 12.8. The number of carbonyl (C=O) groups is 2. The van der Waals surface area contributed by atoms with Crippen molar-refractivity contribution >= 4 is 40.4 Å². The van der Waals surface area contributed by atoms with E-state index in [1.807, 2.05) is 26.8 Å². The Morgan fingerprint density at radius 3 is 2.28 bits per heavy atom. The van der Waals surface area contributed by atoms with Gasteiger partial charge in [-0.05, 0) is 73.7 Å². The molecule has 0 aromatic heterocycles. The summed E-state index contributed by atoms with van der Waals surface area (Å²) in [6, 6.07) is 13.8. The fraction of sp³-hybridized carbons (Fsp3) is 0.444. The number of nitriles is 1. The zero-order chi connectivity index (χ0) is 26.9. The van der Waals surface area contributed by atoms with Crippen LogP contribution in [0.15, 0.2) is 42.5 Å². The molecule has 1 saturated carbocycles. The van der Waals surface area contributed by atoms with E-state index in [1.165, 1.54) is 0 Å². The number of para-hydroxylation sites is 2. The number of anilines is 1. The number of halogens is 1. The van der Waals surface area contributed by atoms with Gasteiger partial charge in [0.2, 0.25) is 0 Å². The Morgan fingerprint density at radius 2 is 1.69 bits per heavy atom. The van der Waals surface area contributed by atoms with Gasteiger partial charge < -0.3 is 25.4 Å². The second kappa shape index (κ2) is 10.2. The number of ether oxygens (including phenoxy) is 2. The molecule has 0 bridgehead atoms. The maximum Gasteiger partial charge on any atom is 0.413 e. The number of nitrogens with zero attached hydrogens (tertiary/aromatic N) is 1. The molecule has 8 nitrogen and oxygen atoms in total. The number of hydrogen-bond acceptors (Lipinski definition) is 5. The van der Waals surface area contributed by atoms with Gasteiger partial charge in [-0.3, -0.25) is 0 Å². The van der Waals surface area contributed by atoms with Gasteiger partial charge in [-0.25, -0.2) is 9.59 Å². The highest BCUT2D eigenvalue weighted by Gasteiger charge is 2.64. The Labute approximate surface area is 226 Å². The number of hydrogen-bond donors (Lipinski definition) is 3. The summed E-state index contributed by atoms with van der Waals surface area (Å²) < 4.78 is 12.6. The fourth-order valence-electron chi connectivity index (χ4n) is 4.98. The van der Waals surface area contributed by atoms with Gasteiger partial charge in [0.1, 0.15) is 17.9 Å². The van der Waals surface area contributed by atoms with Crippen LogP contribution in [0.1, 0.15) is 54.0 Å². The molecular formula is C27H33IN4O4. The number of rotatable bonds is 5. The minimum absolute atomic E-state index is 0.171. The van der Waals surface area contributed by atoms with Crippen molar-refractivity contribution in [1.82, 2.24) is 10.6 Å². The molecule has 0 spiro atoms. The summed E-state index contributed by atoms with van der Waals surface area (Å²) in [6.07, 6.45) is -0.772. The van der Waals surface area contributed by atoms with Crippen molar-refractivity contribution < 1.29 is 19.1 Å². The third kappa shape index (κ3) is 6.03. The summed E-state index contributed by atoms with van der Waals surface area (Å²) in [6.45, 7) is 13.8. The molecule has 3 amide bonds. The van der Waals surface area contributed by atoms with Gasteiger partial charge in [0.15, 0.2) is 5.75 Å². The average molecular weight is 604 g/mol. The van der Waals surface area contributed by atoms with E-state index in [0.29, 0.717) is 17.0 Å². The average Bonchev–Trinajstić information content (AvgIpc) is 2.75. The number of nitrogens with one attached hydrogen (secondary N) is 3. The number of carbonyl (C=O) groups excluding carboxylic acids is 2. The van der Waals surface area contributed by atoms with Crippen molar-refractivity contribution in [3.63, 3.8) is 0 Å². The lowest BCUT2D eigenvalue weighted by atomic mass is 9.49. The molecule has 1 aliphatic carbocycles. The first-order valence-electron chi connectivity index (χ1n) is 11.7. The van der Waals surface area contributed by atoms with E-state index in [2.05, 4.69) is 72.3 Å². The molecule has 3 rings (SSSR count). The molecule has 0 unspecified atom stereocenters. The van der Waals surface area contributed by atoms with Gasteiger partial charge in [0.25, 0.3) is 0 Å². The van der Waals surface area contributed by atoms with Crippen molar-refractivity contribution in [3.05, 3.63) is 51.6 Å². The lowest BCUT2D eigenvalue weighted by molar-refractivity contribution is -0.163. The highest BCUT2D eigenvalue weighted by molar-refractivity contribution is 14.1. The van der Waals surface area contributed by atoms with E-state index in [1.54, 1.807) is 36.4 Å². The monoisotopic (exact) mass is 604 g/mol. The molecule has 1 aliphatic rings. The Balaban J connectivity index is 1.68. The number of amides is 3. The van der Waals surface area contributed by atoms with Gasteiger partial charge >= 0.3 is 12.1 Å². The number of urea groups is 1. The molecule has 0 aliphatic heterocycles. The van der Waals surface area contributed by atoms with Crippen LogP contribution in [0.2, 0.25) is 0 Å².